The maximum atomic E-state index is 9.96. The number of aromatic nitrogens is 2. The maximum Gasteiger partial charge on any atom is 0.233 e. The van der Waals surface area contributed by atoms with E-state index in [9.17, 15) is 5.11 Å². The lowest BCUT2D eigenvalue weighted by atomic mass is 10.1. The molecule has 1 N–H and O–H groups in total. The number of aryl methyl sites for hydroxylation is 4. The third-order valence-corrected chi connectivity index (χ3v) is 3.41. The second kappa shape index (κ2) is 7.22. The van der Waals surface area contributed by atoms with Crippen LogP contribution in [0, 0.1) is 27.7 Å². The van der Waals surface area contributed by atoms with Gasteiger partial charge < -0.3 is 14.6 Å². The SMILES string of the molecule is Cc1ccc(C)c(OCC(O)COc2cc(C)c(C)nn2)c1. The van der Waals surface area contributed by atoms with E-state index >= 15 is 0 Å². The highest BCUT2D eigenvalue weighted by atomic mass is 16.5. The predicted octanol–water partition coefficient (Wildman–Crippen LogP) is 2.53. The van der Waals surface area contributed by atoms with Gasteiger partial charge in [0.1, 0.15) is 25.1 Å². The zero-order valence-corrected chi connectivity index (χ0v) is 13.5. The Kier molecular flexibility index (Phi) is 5.33. The fraction of sp³-hybridized carbons (Fsp3) is 0.412. The van der Waals surface area contributed by atoms with Crippen LogP contribution in [0.25, 0.3) is 0 Å². The summed E-state index contributed by atoms with van der Waals surface area (Å²) >= 11 is 0. The van der Waals surface area contributed by atoms with Gasteiger partial charge in [0.15, 0.2) is 0 Å². The van der Waals surface area contributed by atoms with E-state index in [2.05, 4.69) is 10.2 Å². The summed E-state index contributed by atoms with van der Waals surface area (Å²) in [5.74, 6) is 1.19. The molecule has 1 atom stereocenters. The molecule has 5 nitrogen and oxygen atoms in total. The number of hydrogen-bond donors (Lipinski definition) is 1. The van der Waals surface area contributed by atoms with E-state index in [1.165, 1.54) is 0 Å². The molecule has 0 bridgehead atoms. The van der Waals surface area contributed by atoms with E-state index in [0.717, 1.165) is 28.1 Å². The van der Waals surface area contributed by atoms with Crippen molar-refractivity contribution in [1.82, 2.24) is 10.2 Å². The summed E-state index contributed by atoms with van der Waals surface area (Å²) in [6.07, 6.45) is -0.733. The molecule has 1 heterocycles. The lowest BCUT2D eigenvalue weighted by Crippen LogP contribution is -2.25. The largest absolute Gasteiger partial charge is 0.490 e. The standard InChI is InChI=1S/C17H22N2O3/c1-11-5-6-12(2)16(7-11)21-9-15(20)10-22-17-8-13(3)14(4)18-19-17/h5-8,15,20H,9-10H2,1-4H3. The second-order valence-corrected chi connectivity index (χ2v) is 5.50. The zero-order chi connectivity index (χ0) is 16.1. The molecule has 22 heavy (non-hydrogen) atoms. The van der Waals surface area contributed by atoms with Crippen molar-refractivity contribution < 1.29 is 14.6 Å². The average molecular weight is 302 g/mol. The van der Waals surface area contributed by atoms with Crippen molar-refractivity contribution in [2.24, 2.45) is 0 Å². The minimum atomic E-state index is -0.733. The molecule has 0 amide bonds. The van der Waals surface area contributed by atoms with Gasteiger partial charge in [-0.2, -0.15) is 5.10 Å². The molecule has 0 radical (unpaired) electrons. The van der Waals surface area contributed by atoms with Gasteiger partial charge in [0.05, 0.1) is 5.69 Å². The van der Waals surface area contributed by atoms with Crippen molar-refractivity contribution >= 4 is 0 Å². The highest BCUT2D eigenvalue weighted by Crippen LogP contribution is 2.19. The van der Waals surface area contributed by atoms with Gasteiger partial charge in [-0.05, 0) is 50.5 Å². The smallest absolute Gasteiger partial charge is 0.233 e. The number of rotatable bonds is 6. The lowest BCUT2D eigenvalue weighted by molar-refractivity contribution is 0.0603. The van der Waals surface area contributed by atoms with Gasteiger partial charge in [0, 0.05) is 6.07 Å². The summed E-state index contributed by atoms with van der Waals surface area (Å²) in [5, 5.41) is 17.9. The molecule has 118 valence electrons. The molecule has 5 heteroatoms. The number of benzene rings is 1. The molecule has 1 aromatic heterocycles. The zero-order valence-electron chi connectivity index (χ0n) is 13.5. The maximum absolute atomic E-state index is 9.96. The molecule has 0 saturated carbocycles. The Morgan fingerprint density at radius 2 is 1.68 bits per heavy atom. The number of hydrogen-bond acceptors (Lipinski definition) is 5. The van der Waals surface area contributed by atoms with Gasteiger partial charge in [-0.15, -0.1) is 5.10 Å². The normalized spacial score (nSPS) is 12.0. The minimum absolute atomic E-state index is 0.113. The molecule has 0 aliphatic carbocycles. The Morgan fingerprint density at radius 3 is 2.41 bits per heavy atom. The van der Waals surface area contributed by atoms with E-state index in [4.69, 9.17) is 9.47 Å². The van der Waals surface area contributed by atoms with Crippen molar-refractivity contribution in [2.45, 2.75) is 33.8 Å². The van der Waals surface area contributed by atoms with Crippen LogP contribution < -0.4 is 9.47 Å². The van der Waals surface area contributed by atoms with Gasteiger partial charge >= 0.3 is 0 Å². The van der Waals surface area contributed by atoms with Crippen LogP contribution in [0.5, 0.6) is 11.6 Å². The van der Waals surface area contributed by atoms with Crippen molar-refractivity contribution in [1.29, 1.82) is 0 Å². The summed E-state index contributed by atoms with van der Waals surface area (Å²) in [4.78, 5) is 0. The van der Waals surface area contributed by atoms with Crippen molar-refractivity contribution in [2.75, 3.05) is 13.2 Å². The first-order valence-electron chi connectivity index (χ1n) is 7.27. The van der Waals surface area contributed by atoms with Gasteiger partial charge in [-0.1, -0.05) is 12.1 Å². The Labute approximate surface area is 130 Å². The summed E-state index contributed by atoms with van der Waals surface area (Å²) < 4.78 is 11.1. The quantitative estimate of drug-likeness (QED) is 0.888. The monoisotopic (exact) mass is 302 g/mol. The van der Waals surface area contributed by atoms with Crippen molar-refractivity contribution in [3.8, 4) is 11.6 Å². The van der Waals surface area contributed by atoms with Crippen LogP contribution in [0.1, 0.15) is 22.4 Å². The molecule has 0 aliphatic heterocycles. The van der Waals surface area contributed by atoms with Gasteiger partial charge in [-0.25, -0.2) is 0 Å². The van der Waals surface area contributed by atoms with Crippen molar-refractivity contribution in [3.05, 3.63) is 46.6 Å². The van der Waals surface area contributed by atoms with E-state index in [1.807, 2.05) is 45.9 Å². The molecule has 2 rings (SSSR count). The molecular weight excluding hydrogens is 280 g/mol. The summed E-state index contributed by atoms with van der Waals surface area (Å²) in [6.45, 7) is 8.09. The van der Waals surface area contributed by atoms with Crippen LogP contribution in [-0.2, 0) is 0 Å². The fourth-order valence-corrected chi connectivity index (χ4v) is 1.87. The molecule has 0 spiro atoms. The molecule has 1 aromatic carbocycles. The van der Waals surface area contributed by atoms with Gasteiger partial charge in [0.25, 0.3) is 0 Å². The van der Waals surface area contributed by atoms with Crippen LogP contribution in [0.15, 0.2) is 24.3 Å². The number of aliphatic hydroxyl groups is 1. The van der Waals surface area contributed by atoms with E-state index in [-0.39, 0.29) is 13.2 Å². The third kappa shape index (κ3) is 4.43. The van der Waals surface area contributed by atoms with E-state index in [0.29, 0.717) is 5.88 Å². The second-order valence-electron chi connectivity index (χ2n) is 5.50. The summed E-state index contributed by atoms with van der Waals surface area (Å²) in [5.41, 5.74) is 4.03. The summed E-state index contributed by atoms with van der Waals surface area (Å²) in [7, 11) is 0. The third-order valence-electron chi connectivity index (χ3n) is 3.41. The molecule has 0 saturated heterocycles. The predicted molar refractivity (Wildman–Crippen MR) is 84.4 cm³/mol. The first-order chi connectivity index (χ1) is 10.5. The summed E-state index contributed by atoms with van der Waals surface area (Å²) in [6, 6.07) is 7.79. The molecule has 1 unspecified atom stereocenters. The van der Waals surface area contributed by atoms with Crippen LogP contribution in [0.4, 0.5) is 0 Å². The topological polar surface area (TPSA) is 64.5 Å². The number of nitrogens with zero attached hydrogens (tertiary/aromatic N) is 2. The highest BCUT2D eigenvalue weighted by molar-refractivity contribution is 5.35. The highest BCUT2D eigenvalue weighted by Gasteiger charge is 2.09. The fourth-order valence-electron chi connectivity index (χ4n) is 1.87. The van der Waals surface area contributed by atoms with Crippen LogP contribution >= 0.6 is 0 Å². The Hall–Kier alpha value is -2.14. The van der Waals surface area contributed by atoms with E-state index < -0.39 is 6.10 Å². The van der Waals surface area contributed by atoms with E-state index in [1.54, 1.807) is 6.07 Å². The lowest BCUT2D eigenvalue weighted by Gasteiger charge is -2.15. The minimum Gasteiger partial charge on any atom is -0.490 e. The molecule has 0 aliphatic rings. The first-order valence-corrected chi connectivity index (χ1v) is 7.27. The number of aliphatic hydroxyl groups excluding tert-OH is 1. The van der Waals surface area contributed by atoms with Gasteiger partial charge in [-0.3, -0.25) is 0 Å². The Morgan fingerprint density at radius 1 is 0.955 bits per heavy atom. The van der Waals surface area contributed by atoms with Crippen molar-refractivity contribution in [3.63, 3.8) is 0 Å². The first kappa shape index (κ1) is 16.2. The van der Waals surface area contributed by atoms with Gasteiger partial charge in [0.2, 0.25) is 5.88 Å². The van der Waals surface area contributed by atoms with Crippen LogP contribution in [0.3, 0.4) is 0 Å². The Bertz CT molecular complexity index is 644. The number of ether oxygens (including phenoxy) is 2. The molecule has 0 fully saturated rings. The Balaban J connectivity index is 1.84. The van der Waals surface area contributed by atoms with Crippen LogP contribution in [-0.4, -0.2) is 34.6 Å². The molecule has 2 aromatic rings. The molecular formula is C17H22N2O3. The average Bonchev–Trinajstić information content (AvgIpc) is 2.49. The van der Waals surface area contributed by atoms with Crippen LogP contribution in [0.2, 0.25) is 0 Å².